The third kappa shape index (κ3) is 4.55. The third-order valence-electron chi connectivity index (χ3n) is 2.69. The predicted octanol–water partition coefficient (Wildman–Crippen LogP) is 0.626. The van der Waals surface area contributed by atoms with Crippen molar-refractivity contribution in [2.75, 3.05) is 20.6 Å². The molecule has 2 unspecified atom stereocenters. The molecule has 0 spiro atoms. The zero-order valence-electron chi connectivity index (χ0n) is 10.5. The minimum atomic E-state index is -5.08. The van der Waals surface area contributed by atoms with Crippen molar-refractivity contribution in [3.63, 3.8) is 0 Å². The molecule has 0 aromatic heterocycles. The van der Waals surface area contributed by atoms with Gasteiger partial charge in [-0.3, -0.25) is 4.79 Å². The number of likely N-dealkylation sites (N-methyl/N-ethyl adjacent to an activating group) is 1. The molecular formula is C11H15F3N2O3. The number of aliphatic carboxylic acids is 1. The summed E-state index contributed by atoms with van der Waals surface area (Å²) in [6.45, 7) is 0.867. The number of rotatable bonds is 2. The Morgan fingerprint density at radius 1 is 1.53 bits per heavy atom. The average molecular weight is 280 g/mol. The van der Waals surface area contributed by atoms with Gasteiger partial charge in [0.1, 0.15) is 0 Å². The van der Waals surface area contributed by atoms with Gasteiger partial charge in [-0.2, -0.15) is 13.2 Å². The number of carbonyl (C=O) groups is 2. The van der Waals surface area contributed by atoms with E-state index in [9.17, 15) is 18.0 Å². The third-order valence-corrected chi connectivity index (χ3v) is 2.69. The quantitative estimate of drug-likeness (QED) is 0.728. The van der Waals surface area contributed by atoms with Gasteiger partial charge in [0.2, 0.25) is 5.91 Å². The van der Waals surface area contributed by atoms with Gasteiger partial charge in [-0.25, -0.2) is 4.79 Å². The van der Waals surface area contributed by atoms with Crippen LogP contribution >= 0.6 is 0 Å². The molecule has 1 aliphatic heterocycles. The molecule has 2 fully saturated rings. The maximum absolute atomic E-state index is 11.2. The van der Waals surface area contributed by atoms with Crippen molar-refractivity contribution in [2.24, 2.45) is 5.92 Å². The number of piperidine rings is 1. The first-order valence-electron chi connectivity index (χ1n) is 5.58. The number of carboxylic acids is 1. The lowest BCUT2D eigenvalue weighted by molar-refractivity contribution is -0.192. The number of halogens is 3. The smallest absolute Gasteiger partial charge is 0.475 e. The first kappa shape index (κ1) is 15.5. The Labute approximate surface area is 108 Å². The van der Waals surface area contributed by atoms with Crippen LogP contribution in [0.25, 0.3) is 0 Å². The summed E-state index contributed by atoms with van der Waals surface area (Å²) in [4.78, 5) is 22.2. The Hall–Kier alpha value is -1.57. The first-order chi connectivity index (χ1) is 8.62. The molecule has 2 rings (SSSR count). The van der Waals surface area contributed by atoms with E-state index < -0.39 is 12.1 Å². The van der Waals surface area contributed by atoms with Crippen LogP contribution in [0.3, 0.4) is 0 Å². The number of alkyl halides is 3. The maximum atomic E-state index is 11.2. The van der Waals surface area contributed by atoms with Gasteiger partial charge in [-0.05, 0) is 20.5 Å². The molecule has 2 atom stereocenters. The molecule has 8 heteroatoms. The summed E-state index contributed by atoms with van der Waals surface area (Å²) < 4.78 is 31.7. The Morgan fingerprint density at radius 3 is 2.37 bits per heavy atom. The van der Waals surface area contributed by atoms with Gasteiger partial charge in [0, 0.05) is 24.1 Å². The van der Waals surface area contributed by atoms with Crippen molar-refractivity contribution in [1.29, 1.82) is 0 Å². The van der Waals surface area contributed by atoms with Gasteiger partial charge in [0.05, 0.1) is 0 Å². The molecule has 2 N–H and O–H groups in total. The summed E-state index contributed by atoms with van der Waals surface area (Å²) in [7, 11) is 4.02. The molecule has 2 aliphatic rings. The molecule has 0 bridgehead atoms. The monoisotopic (exact) mass is 280 g/mol. The Morgan fingerprint density at radius 2 is 2.05 bits per heavy atom. The van der Waals surface area contributed by atoms with Crippen molar-refractivity contribution in [1.82, 2.24) is 10.2 Å². The molecule has 1 saturated carbocycles. The second-order valence-corrected chi connectivity index (χ2v) is 4.65. The number of fused-ring (bicyclic) bond motifs is 1. The van der Waals surface area contributed by atoms with Gasteiger partial charge >= 0.3 is 12.1 Å². The lowest BCUT2D eigenvalue weighted by atomic mass is 10.1. The fourth-order valence-corrected chi connectivity index (χ4v) is 1.64. The highest BCUT2D eigenvalue weighted by molar-refractivity contribution is 5.98. The van der Waals surface area contributed by atoms with Gasteiger partial charge in [0.15, 0.2) is 0 Å². The van der Waals surface area contributed by atoms with Gasteiger partial charge in [-0.1, -0.05) is 6.08 Å². The van der Waals surface area contributed by atoms with Crippen LogP contribution in [-0.2, 0) is 9.59 Å². The topological polar surface area (TPSA) is 69.6 Å². The number of carboxylic acid groups (broad SMARTS) is 1. The first-order valence-corrected chi connectivity index (χ1v) is 5.58. The van der Waals surface area contributed by atoms with Crippen LogP contribution in [0.1, 0.15) is 6.42 Å². The van der Waals surface area contributed by atoms with Crippen molar-refractivity contribution in [3.05, 3.63) is 11.6 Å². The fourth-order valence-electron chi connectivity index (χ4n) is 1.64. The summed E-state index contributed by atoms with van der Waals surface area (Å²) in [6.07, 6.45) is -1.88. The zero-order valence-corrected chi connectivity index (χ0v) is 10.5. The minimum absolute atomic E-state index is 0.151. The van der Waals surface area contributed by atoms with E-state index in [1.54, 1.807) is 0 Å². The molecule has 0 aromatic carbocycles. The zero-order chi connectivity index (χ0) is 14.8. The number of carbonyl (C=O) groups excluding carboxylic acids is 1. The van der Waals surface area contributed by atoms with Crippen molar-refractivity contribution >= 4 is 11.9 Å². The lowest BCUT2D eigenvalue weighted by Crippen LogP contribution is -2.21. The number of hydrogen-bond donors (Lipinski definition) is 2. The normalized spacial score (nSPS) is 26.6. The molecule has 1 aliphatic carbocycles. The number of nitrogens with zero attached hydrogens (tertiary/aromatic N) is 1. The van der Waals surface area contributed by atoms with Crippen LogP contribution in [0, 0.1) is 5.92 Å². The largest absolute Gasteiger partial charge is 0.490 e. The highest BCUT2D eigenvalue weighted by Gasteiger charge is 2.49. The number of nitrogens with one attached hydrogen (secondary N) is 1. The van der Waals surface area contributed by atoms with Gasteiger partial charge in [0.25, 0.3) is 0 Å². The molecular weight excluding hydrogens is 265 g/mol. The Balaban J connectivity index is 0.000000224. The second-order valence-electron chi connectivity index (χ2n) is 4.65. The highest BCUT2D eigenvalue weighted by Crippen LogP contribution is 2.42. The van der Waals surface area contributed by atoms with Crippen LogP contribution < -0.4 is 5.32 Å². The average Bonchev–Trinajstić information content (AvgIpc) is 2.90. The Bertz CT molecular complexity index is 404. The van der Waals surface area contributed by atoms with E-state index in [-0.39, 0.29) is 5.91 Å². The second kappa shape index (κ2) is 5.60. The molecule has 1 amide bonds. The van der Waals surface area contributed by atoms with Crippen molar-refractivity contribution < 1.29 is 27.9 Å². The molecule has 19 heavy (non-hydrogen) atoms. The van der Waals surface area contributed by atoms with Crippen LogP contribution in [0.2, 0.25) is 0 Å². The van der Waals surface area contributed by atoms with E-state index in [1.165, 1.54) is 0 Å². The van der Waals surface area contributed by atoms with E-state index >= 15 is 0 Å². The summed E-state index contributed by atoms with van der Waals surface area (Å²) in [5, 5.41) is 10.1. The number of amides is 1. The summed E-state index contributed by atoms with van der Waals surface area (Å²) in [5.74, 6) is -2.07. The highest BCUT2D eigenvalue weighted by atomic mass is 19.4. The molecule has 1 heterocycles. The van der Waals surface area contributed by atoms with E-state index in [2.05, 4.69) is 10.2 Å². The standard InChI is InChI=1S/C9H14N2O.C2HF3O2/c1-11(2)4-3-6-7-5-8(7)10-9(6)12;3-2(4,5)1(6)7/h3,7-8H,4-5H2,1-2H3,(H,10,12);(H,6,7)/b6-3-;. The molecule has 0 aromatic rings. The molecule has 1 saturated heterocycles. The number of hydrogen-bond acceptors (Lipinski definition) is 3. The van der Waals surface area contributed by atoms with Crippen LogP contribution in [0.15, 0.2) is 11.6 Å². The van der Waals surface area contributed by atoms with E-state index in [4.69, 9.17) is 9.90 Å². The minimum Gasteiger partial charge on any atom is -0.475 e. The molecule has 0 radical (unpaired) electrons. The molecule has 5 nitrogen and oxygen atoms in total. The lowest BCUT2D eigenvalue weighted by Gasteiger charge is -2.05. The van der Waals surface area contributed by atoms with Crippen LogP contribution in [0.5, 0.6) is 0 Å². The van der Waals surface area contributed by atoms with Crippen LogP contribution in [-0.4, -0.2) is 54.7 Å². The van der Waals surface area contributed by atoms with Crippen LogP contribution in [0.4, 0.5) is 13.2 Å². The SMILES string of the molecule is CN(C)C/C=C1\C(=O)NC2CC12.O=C(O)C(F)(F)F. The van der Waals surface area contributed by atoms with E-state index in [1.807, 2.05) is 20.2 Å². The van der Waals surface area contributed by atoms with Crippen molar-refractivity contribution in [3.8, 4) is 0 Å². The molecule has 108 valence electrons. The van der Waals surface area contributed by atoms with E-state index in [0.29, 0.717) is 12.0 Å². The van der Waals surface area contributed by atoms with E-state index in [0.717, 1.165) is 18.5 Å². The predicted molar refractivity (Wildman–Crippen MR) is 60.4 cm³/mol. The maximum Gasteiger partial charge on any atom is 0.490 e. The summed E-state index contributed by atoms with van der Waals surface area (Å²) >= 11 is 0. The van der Waals surface area contributed by atoms with Gasteiger partial charge < -0.3 is 15.3 Å². The Kier molecular flexibility index (Phi) is 4.56. The van der Waals surface area contributed by atoms with Crippen molar-refractivity contribution in [2.45, 2.75) is 18.6 Å². The summed E-state index contributed by atoms with van der Waals surface area (Å²) in [6, 6.07) is 0.478. The fraction of sp³-hybridized carbons (Fsp3) is 0.636. The van der Waals surface area contributed by atoms with Gasteiger partial charge in [-0.15, -0.1) is 0 Å². The summed E-state index contributed by atoms with van der Waals surface area (Å²) in [5.41, 5.74) is 1.01.